The number of rotatable bonds is 11. The Kier molecular flexibility index (Phi) is 9.69. The first-order valence-electron chi connectivity index (χ1n) is 10.1. The van der Waals surface area contributed by atoms with E-state index in [0.717, 1.165) is 49.1 Å². The second-order valence-electron chi connectivity index (χ2n) is 6.16. The van der Waals surface area contributed by atoms with Crippen LogP contribution in [0.4, 0.5) is 0 Å². The van der Waals surface area contributed by atoms with Crippen molar-refractivity contribution in [3.05, 3.63) is 53.9 Å². The van der Waals surface area contributed by atoms with Crippen molar-refractivity contribution in [3.63, 3.8) is 0 Å². The Balaban J connectivity index is 1.87. The van der Waals surface area contributed by atoms with Crippen LogP contribution in [0.25, 0.3) is 0 Å². The molecule has 0 bridgehead atoms. The van der Waals surface area contributed by atoms with Crippen molar-refractivity contribution in [2.24, 2.45) is 4.99 Å². The first-order chi connectivity index (χ1) is 13.8. The lowest BCUT2D eigenvalue weighted by Crippen LogP contribution is -2.38. The van der Waals surface area contributed by atoms with E-state index < -0.39 is 0 Å². The van der Waals surface area contributed by atoms with E-state index >= 15 is 0 Å². The number of hydrogen-bond acceptors (Lipinski definition) is 4. The summed E-state index contributed by atoms with van der Waals surface area (Å²) in [4.78, 5) is 8.97. The molecule has 1 heterocycles. The number of nitrogens with zero attached hydrogens (tertiary/aromatic N) is 2. The molecule has 1 aromatic carbocycles. The van der Waals surface area contributed by atoms with Crippen LogP contribution in [0.3, 0.4) is 0 Å². The van der Waals surface area contributed by atoms with Crippen molar-refractivity contribution in [2.75, 3.05) is 32.8 Å². The van der Waals surface area contributed by atoms with E-state index in [1.54, 1.807) is 0 Å². The van der Waals surface area contributed by atoms with Gasteiger partial charge >= 0.3 is 0 Å². The number of benzene rings is 1. The summed E-state index contributed by atoms with van der Waals surface area (Å²) in [6.45, 7) is 9.58. The maximum absolute atomic E-state index is 5.70. The zero-order valence-electron chi connectivity index (χ0n) is 17.2. The van der Waals surface area contributed by atoms with Crippen molar-refractivity contribution in [3.8, 4) is 11.5 Å². The molecule has 0 saturated heterocycles. The number of nitrogens with one attached hydrogen (secondary N) is 2. The zero-order valence-corrected chi connectivity index (χ0v) is 17.2. The summed E-state index contributed by atoms with van der Waals surface area (Å²) in [5.74, 6) is 2.43. The minimum absolute atomic E-state index is 0.620. The smallest absolute Gasteiger partial charge is 0.191 e. The Bertz CT molecular complexity index is 720. The minimum Gasteiger partial charge on any atom is -0.490 e. The molecule has 152 valence electrons. The van der Waals surface area contributed by atoms with Crippen molar-refractivity contribution in [2.45, 2.75) is 33.6 Å². The van der Waals surface area contributed by atoms with Crippen LogP contribution in [0.1, 0.15) is 32.0 Å². The van der Waals surface area contributed by atoms with Crippen molar-refractivity contribution < 1.29 is 9.47 Å². The van der Waals surface area contributed by atoms with Gasteiger partial charge < -0.3 is 20.1 Å². The van der Waals surface area contributed by atoms with Crippen LogP contribution in [-0.2, 0) is 12.8 Å². The fourth-order valence-corrected chi connectivity index (χ4v) is 2.75. The average molecular weight is 385 g/mol. The molecule has 2 rings (SSSR count). The molecule has 0 fully saturated rings. The second-order valence-corrected chi connectivity index (χ2v) is 6.16. The number of aromatic nitrogens is 1. The van der Waals surface area contributed by atoms with Crippen molar-refractivity contribution >= 4 is 5.96 Å². The molecule has 0 saturated carbocycles. The van der Waals surface area contributed by atoms with Crippen LogP contribution in [-0.4, -0.2) is 43.8 Å². The highest BCUT2D eigenvalue weighted by Crippen LogP contribution is 2.28. The fourth-order valence-electron chi connectivity index (χ4n) is 2.75. The Morgan fingerprint density at radius 3 is 2.50 bits per heavy atom. The van der Waals surface area contributed by atoms with Crippen LogP contribution < -0.4 is 20.1 Å². The SMILES string of the molecule is CCNC(=NCCc1ccccn1)NCCc1ccc(OCC)c(OCC)c1. The van der Waals surface area contributed by atoms with Gasteiger partial charge in [0.2, 0.25) is 0 Å². The van der Waals surface area contributed by atoms with Crippen LogP contribution in [0, 0.1) is 0 Å². The lowest BCUT2D eigenvalue weighted by Gasteiger charge is -2.14. The van der Waals surface area contributed by atoms with Gasteiger partial charge in [-0.3, -0.25) is 9.98 Å². The monoisotopic (exact) mass is 384 g/mol. The summed E-state index contributed by atoms with van der Waals surface area (Å²) in [6, 6.07) is 12.1. The standard InChI is InChI=1S/C22H32N4O2/c1-4-23-22(26-16-13-19-9-7-8-14-24-19)25-15-12-18-10-11-20(27-5-2)21(17-18)28-6-3/h7-11,14,17H,4-6,12-13,15-16H2,1-3H3,(H2,23,25,26). The summed E-state index contributed by atoms with van der Waals surface area (Å²) in [5.41, 5.74) is 2.25. The Morgan fingerprint density at radius 1 is 0.964 bits per heavy atom. The molecule has 1 aromatic heterocycles. The Labute approximate surface area is 168 Å². The lowest BCUT2D eigenvalue weighted by molar-refractivity contribution is 0.287. The third-order valence-electron chi connectivity index (χ3n) is 4.02. The summed E-state index contributed by atoms with van der Waals surface area (Å²) in [7, 11) is 0. The van der Waals surface area contributed by atoms with E-state index in [-0.39, 0.29) is 0 Å². The van der Waals surface area contributed by atoms with Crippen LogP contribution in [0.15, 0.2) is 47.6 Å². The largest absolute Gasteiger partial charge is 0.490 e. The molecule has 0 radical (unpaired) electrons. The topological polar surface area (TPSA) is 67.8 Å². The van der Waals surface area contributed by atoms with Gasteiger partial charge in [-0.1, -0.05) is 12.1 Å². The van der Waals surface area contributed by atoms with Crippen molar-refractivity contribution in [1.29, 1.82) is 0 Å². The molecular weight excluding hydrogens is 352 g/mol. The predicted molar refractivity (Wildman–Crippen MR) is 114 cm³/mol. The number of ether oxygens (including phenoxy) is 2. The minimum atomic E-state index is 0.620. The first kappa shape index (κ1) is 21.5. The summed E-state index contributed by atoms with van der Waals surface area (Å²) in [6.07, 6.45) is 3.51. The van der Waals surface area contributed by atoms with Crippen LogP contribution in [0.2, 0.25) is 0 Å². The summed E-state index contributed by atoms with van der Waals surface area (Å²) >= 11 is 0. The maximum Gasteiger partial charge on any atom is 0.191 e. The van der Waals surface area contributed by atoms with E-state index in [2.05, 4.69) is 39.7 Å². The highest BCUT2D eigenvalue weighted by molar-refractivity contribution is 5.79. The first-order valence-corrected chi connectivity index (χ1v) is 10.1. The van der Waals surface area contributed by atoms with Gasteiger partial charge in [0.05, 0.1) is 13.2 Å². The van der Waals surface area contributed by atoms with E-state index in [1.807, 2.05) is 44.3 Å². The van der Waals surface area contributed by atoms with E-state index in [0.29, 0.717) is 19.8 Å². The quantitative estimate of drug-likeness (QED) is 0.460. The lowest BCUT2D eigenvalue weighted by atomic mass is 10.1. The van der Waals surface area contributed by atoms with Gasteiger partial charge in [0.15, 0.2) is 17.5 Å². The van der Waals surface area contributed by atoms with Gasteiger partial charge in [-0.05, 0) is 57.0 Å². The highest BCUT2D eigenvalue weighted by atomic mass is 16.5. The number of pyridine rings is 1. The highest BCUT2D eigenvalue weighted by Gasteiger charge is 2.06. The van der Waals surface area contributed by atoms with Gasteiger partial charge in [-0.25, -0.2) is 0 Å². The van der Waals surface area contributed by atoms with Gasteiger partial charge in [0.25, 0.3) is 0 Å². The van der Waals surface area contributed by atoms with Crippen LogP contribution >= 0.6 is 0 Å². The third-order valence-corrected chi connectivity index (χ3v) is 4.02. The normalized spacial score (nSPS) is 11.2. The number of hydrogen-bond donors (Lipinski definition) is 2. The molecule has 0 amide bonds. The molecular formula is C22H32N4O2. The molecule has 0 aliphatic rings. The molecule has 0 aliphatic heterocycles. The van der Waals surface area contributed by atoms with Gasteiger partial charge in [-0.15, -0.1) is 0 Å². The van der Waals surface area contributed by atoms with E-state index in [4.69, 9.17) is 9.47 Å². The van der Waals surface area contributed by atoms with E-state index in [1.165, 1.54) is 5.56 Å². The predicted octanol–water partition coefficient (Wildman–Crippen LogP) is 3.22. The molecule has 6 heteroatoms. The Hall–Kier alpha value is -2.76. The average Bonchev–Trinajstić information content (AvgIpc) is 2.71. The second kappa shape index (κ2) is 12.6. The molecule has 0 atom stereocenters. The molecule has 28 heavy (non-hydrogen) atoms. The molecule has 0 unspecified atom stereocenters. The Morgan fingerprint density at radius 2 is 1.79 bits per heavy atom. The fraction of sp³-hybridized carbons (Fsp3) is 0.455. The van der Waals surface area contributed by atoms with Gasteiger partial charge in [0, 0.05) is 37.9 Å². The van der Waals surface area contributed by atoms with E-state index in [9.17, 15) is 0 Å². The third kappa shape index (κ3) is 7.47. The summed E-state index contributed by atoms with van der Waals surface area (Å²) < 4.78 is 11.3. The summed E-state index contributed by atoms with van der Waals surface area (Å²) in [5, 5.41) is 6.68. The molecule has 0 spiro atoms. The van der Waals surface area contributed by atoms with Gasteiger partial charge in [0.1, 0.15) is 0 Å². The molecule has 0 aliphatic carbocycles. The number of guanidine groups is 1. The molecule has 6 nitrogen and oxygen atoms in total. The van der Waals surface area contributed by atoms with Crippen molar-refractivity contribution in [1.82, 2.24) is 15.6 Å². The zero-order chi connectivity index (χ0) is 20.0. The van der Waals surface area contributed by atoms with Crippen LogP contribution in [0.5, 0.6) is 11.5 Å². The molecule has 2 aromatic rings. The van der Waals surface area contributed by atoms with Gasteiger partial charge in [-0.2, -0.15) is 0 Å². The maximum atomic E-state index is 5.70. The molecule has 2 N–H and O–H groups in total. The number of aliphatic imine (C=N–C) groups is 1.